The van der Waals surface area contributed by atoms with Crippen LogP contribution in [0.25, 0.3) is 0 Å². The van der Waals surface area contributed by atoms with E-state index in [2.05, 4.69) is 0 Å². The van der Waals surface area contributed by atoms with Crippen LogP contribution in [0, 0.1) is 10.1 Å². The van der Waals surface area contributed by atoms with Crippen LogP contribution >= 0.6 is 0 Å². The second-order valence-corrected chi connectivity index (χ2v) is 4.10. The van der Waals surface area contributed by atoms with E-state index in [9.17, 15) is 14.9 Å². The molecule has 0 aliphatic carbocycles. The summed E-state index contributed by atoms with van der Waals surface area (Å²) < 4.78 is 10.4. The van der Waals surface area contributed by atoms with Gasteiger partial charge < -0.3 is 14.3 Å². The van der Waals surface area contributed by atoms with Crippen molar-refractivity contribution in [3.05, 3.63) is 28.3 Å². The monoisotopic (exact) mass is 267 g/mol. The highest BCUT2D eigenvalue weighted by molar-refractivity contribution is 5.75. The van der Waals surface area contributed by atoms with Gasteiger partial charge in [-0.15, -0.1) is 0 Å². The van der Waals surface area contributed by atoms with Gasteiger partial charge in [0, 0.05) is 18.6 Å². The molecule has 0 saturated carbocycles. The molecule has 0 unspecified atom stereocenters. The molecule has 0 aliphatic heterocycles. The fourth-order valence-corrected chi connectivity index (χ4v) is 1.55. The van der Waals surface area contributed by atoms with Gasteiger partial charge >= 0.3 is 5.69 Å². The van der Waals surface area contributed by atoms with Crippen molar-refractivity contribution in [2.75, 3.05) is 13.7 Å². The molecule has 0 saturated heterocycles. The Morgan fingerprint density at radius 2 is 2.11 bits per heavy atom. The van der Waals surface area contributed by atoms with E-state index >= 15 is 0 Å². The third-order valence-corrected chi connectivity index (χ3v) is 2.54. The van der Waals surface area contributed by atoms with Crippen LogP contribution in [0.2, 0.25) is 0 Å². The van der Waals surface area contributed by atoms with Crippen molar-refractivity contribution >= 4 is 11.5 Å². The smallest absolute Gasteiger partial charge is 0.311 e. The number of rotatable bonds is 8. The Morgan fingerprint density at radius 3 is 2.68 bits per heavy atom. The second kappa shape index (κ2) is 7.35. The maximum Gasteiger partial charge on any atom is 0.311 e. The maximum absolute atomic E-state index is 10.8. The van der Waals surface area contributed by atoms with Crippen molar-refractivity contribution in [3.8, 4) is 11.5 Å². The van der Waals surface area contributed by atoms with Crippen molar-refractivity contribution in [1.29, 1.82) is 0 Å². The van der Waals surface area contributed by atoms with E-state index in [1.54, 1.807) is 0 Å². The lowest BCUT2D eigenvalue weighted by Gasteiger charge is -2.08. The Morgan fingerprint density at radius 1 is 1.37 bits per heavy atom. The lowest BCUT2D eigenvalue weighted by Crippen LogP contribution is -2.02. The molecule has 19 heavy (non-hydrogen) atoms. The first kappa shape index (κ1) is 14.9. The van der Waals surface area contributed by atoms with Crippen LogP contribution in [0.1, 0.15) is 26.2 Å². The molecular formula is C13H17NO5. The summed E-state index contributed by atoms with van der Waals surface area (Å²) in [6.07, 6.45) is 1.89. The van der Waals surface area contributed by atoms with E-state index < -0.39 is 4.92 Å². The number of unbranched alkanes of at least 4 members (excludes halogenated alkanes) is 1. The zero-order chi connectivity index (χ0) is 14.3. The minimum atomic E-state index is -0.496. The standard InChI is InChI=1S/C13H17NO5/c1-10(15)5-3-4-8-19-13-9-11(18-2)6-7-12(13)14(16)17/h6-7,9H,3-5,8H2,1-2H3. The molecule has 104 valence electrons. The molecule has 0 amide bonds. The van der Waals surface area contributed by atoms with Gasteiger partial charge in [-0.05, 0) is 25.8 Å². The molecule has 0 fully saturated rings. The number of hydrogen-bond donors (Lipinski definition) is 0. The number of hydrogen-bond acceptors (Lipinski definition) is 5. The van der Waals surface area contributed by atoms with E-state index in [1.807, 2.05) is 0 Å². The van der Waals surface area contributed by atoms with Gasteiger partial charge in [-0.1, -0.05) is 0 Å². The number of ether oxygens (including phenoxy) is 2. The summed E-state index contributed by atoms with van der Waals surface area (Å²) in [6.45, 7) is 1.87. The lowest BCUT2D eigenvalue weighted by atomic mass is 10.2. The summed E-state index contributed by atoms with van der Waals surface area (Å²) in [4.78, 5) is 21.1. The lowest BCUT2D eigenvalue weighted by molar-refractivity contribution is -0.385. The molecule has 1 aromatic carbocycles. The highest BCUT2D eigenvalue weighted by Gasteiger charge is 2.15. The van der Waals surface area contributed by atoms with Gasteiger partial charge in [0.15, 0.2) is 0 Å². The van der Waals surface area contributed by atoms with Gasteiger partial charge in [0.05, 0.1) is 18.6 Å². The van der Waals surface area contributed by atoms with Crippen molar-refractivity contribution in [2.45, 2.75) is 26.2 Å². The first-order valence-corrected chi connectivity index (χ1v) is 5.99. The molecule has 0 spiro atoms. The molecule has 6 nitrogen and oxygen atoms in total. The van der Waals surface area contributed by atoms with Crippen LogP contribution in [0.5, 0.6) is 11.5 Å². The molecule has 0 heterocycles. The number of nitro benzene ring substituents is 1. The van der Waals surface area contributed by atoms with E-state index in [0.717, 1.165) is 0 Å². The predicted octanol–water partition coefficient (Wildman–Crippen LogP) is 2.74. The topological polar surface area (TPSA) is 78.7 Å². The van der Waals surface area contributed by atoms with Crippen LogP contribution in [-0.2, 0) is 4.79 Å². The van der Waals surface area contributed by atoms with Gasteiger partial charge in [0.1, 0.15) is 11.5 Å². The molecule has 6 heteroatoms. The maximum atomic E-state index is 10.8. The van der Waals surface area contributed by atoms with Crippen molar-refractivity contribution < 1.29 is 19.2 Å². The average Bonchev–Trinajstić information content (AvgIpc) is 2.37. The minimum Gasteiger partial charge on any atom is -0.497 e. The summed E-state index contributed by atoms with van der Waals surface area (Å²) in [7, 11) is 1.48. The fourth-order valence-electron chi connectivity index (χ4n) is 1.55. The van der Waals surface area contributed by atoms with Crippen LogP contribution < -0.4 is 9.47 Å². The highest BCUT2D eigenvalue weighted by Crippen LogP contribution is 2.31. The van der Waals surface area contributed by atoms with Crippen LogP contribution in [0.15, 0.2) is 18.2 Å². The van der Waals surface area contributed by atoms with Gasteiger partial charge in [0.2, 0.25) is 5.75 Å². The third-order valence-electron chi connectivity index (χ3n) is 2.54. The Balaban J connectivity index is 2.59. The van der Waals surface area contributed by atoms with Crippen LogP contribution in [0.3, 0.4) is 0 Å². The molecule has 0 aromatic heterocycles. The zero-order valence-electron chi connectivity index (χ0n) is 11.0. The van der Waals surface area contributed by atoms with Gasteiger partial charge in [-0.2, -0.15) is 0 Å². The molecule has 0 radical (unpaired) electrons. The molecule has 0 aliphatic rings. The Labute approximate surface area is 111 Å². The SMILES string of the molecule is COc1ccc([N+](=O)[O-])c(OCCCCC(C)=O)c1. The fraction of sp³-hybridized carbons (Fsp3) is 0.462. The number of carbonyl (C=O) groups is 1. The van der Waals surface area contributed by atoms with E-state index in [4.69, 9.17) is 9.47 Å². The largest absolute Gasteiger partial charge is 0.497 e. The predicted molar refractivity (Wildman–Crippen MR) is 69.7 cm³/mol. The van der Waals surface area contributed by atoms with E-state index in [1.165, 1.54) is 32.2 Å². The quantitative estimate of drug-likeness (QED) is 0.411. The number of carbonyl (C=O) groups excluding carboxylic acids is 1. The molecule has 0 atom stereocenters. The molecular weight excluding hydrogens is 250 g/mol. The van der Waals surface area contributed by atoms with E-state index in [-0.39, 0.29) is 17.2 Å². The first-order valence-electron chi connectivity index (χ1n) is 5.99. The van der Waals surface area contributed by atoms with Crippen molar-refractivity contribution in [2.24, 2.45) is 0 Å². The third kappa shape index (κ3) is 4.95. The van der Waals surface area contributed by atoms with Gasteiger partial charge in [0.25, 0.3) is 0 Å². The zero-order valence-corrected chi connectivity index (χ0v) is 11.0. The van der Waals surface area contributed by atoms with Gasteiger partial charge in [-0.3, -0.25) is 10.1 Å². The Hall–Kier alpha value is -2.11. The summed E-state index contributed by atoms with van der Waals surface area (Å²) in [5.41, 5.74) is -0.0904. The minimum absolute atomic E-state index is 0.0904. The molecule has 1 rings (SSSR count). The number of nitro groups is 1. The summed E-state index contributed by atoms with van der Waals surface area (Å²) >= 11 is 0. The highest BCUT2D eigenvalue weighted by atomic mass is 16.6. The summed E-state index contributed by atoms with van der Waals surface area (Å²) in [5.74, 6) is 0.823. The Bertz CT molecular complexity index is 458. The average molecular weight is 267 g/mol. The normalized spacial score (nSPS) is 10.0. The number of ketones is 1. The molecule has 0 N–H and O–H groups in total. The number of benzene rings is 1. The first-order chi connectivity index (χ1) is 9.04. The van der Waals surface area contributed by atoms with Crippen LogP contribution in [-0.4, -0.2) is 24.4 Å². The number of nitrogens with zero attached hydrogens (tertiary/aromatic N) is 1. The van der Waals surface area contributed by atoms with Gasteiger partial charge in [-0.25, -0.2) is 0 Å². The molecule has 0 bridgehead atoms. The van der Waals surface area contributed by atoms with E-state index in [0.29, 0.717) is 31.6 Å². The van der Waals surface area contributed by atoms with Crippen LogP contribution in [0.4, 0.5) is 5.69 Å². The number of Topliss-reactive ketones (excluding diaryl/α,β-unsaturated/α-hetero) is 1. The summed E-state index contributed by atoms with van der Waals surface area (Å²) in [6, 6.07) is 4.35. The number of methoxy groups -OCH3 is 1. The van der Waals surface area contributed by atoms with Crippen molar-refractivity contribution in [3.63, 3.8) is 0 Å². The molecule has 1 aromatic rings. The summed E-state index contributed by atoms with van der Waals surface area (Å²) in [5, 5.41) is 10.8. The Kier molecular flexibility index (Phi) is 5.78. The van der Waals surface area contributed by atoms with Crippen molar-refractivity contribution in [1.82, 2.24) is 0 Å². The second-order valence-electron chi connectivity index (χ2n) is 4.10.